The van der Waals surface area contributed by atoms with Crippen LogP contribution in [0.4, 0.5) is 5.82 Å². The van der Waals surface area contributed by atoms with E-state index in [1.54, 1.807) is 6.07 Å². The Morgan fingerprint density at radius 2 is 2.16 bits per heavy atom. The third kappa shape index (κ3) is 3.88. The smallest absolute Gasteiger partial charge is 0.150 e. The van der Waals surface area contributed by atoms with E-state index in [0.29, 0.717) is 28.3 Å². The van der Waals surface area contributed by atoms with Gasteiger partial charge in [0, 0.05) is 6.54 Å². The van der Waals surface area contributed by atoms with E-state index in [4.69, 9.17) is 34.8 Å². The molecule has 1 fully saturated rings. The number of aromatic nitrogens is 1. The number of nitrogens with one attached hydrogen (secondary N) is 1. The molecule has 0 bridgehead atoms. The molecule has 0 aromatic carbocycles. The summed E-state index contributed by atoms with van der Waals surface area (Å²) in [7, 11) is 0. The highest BCUT2D eigenvalue weighted by molar-refractivity contribution is 6.42. The molecule has 2 unspecified atom stereocenters. The van der Waals surface area contributed by atoms with Crippen LogP contribution in [0.25, 0.3) is 0 Å². The van der Waals surface area contributed by atoms with E-state index in [-0.39, 0.29) is 5.15 Å². The van der Waals surface area contributed by atoms with E-state index >= 15 is 0 Å². The van der Waals surface area contributed by atoms with Crippen molar-refractivity contribution in [2.45, 2.75) is 38.2 Å². The Hall–Kier alpha value is -0.220. The molecule has 0 saturated heterocycles. The molecule has 1 heterocycles. The number of hydrogen-bond donors (Lipinski definition) is 2. The standard InChI is InChI=1S/C13H17Cl3N2O/c1-8-3-2-4-13(19,6-8)7-17-12-10(15)5-9(14)11(16)18-12/h5,8,19H,2-4,6-7H2,1H3,(H,17,18). The van der Waals surface area contributed by atoms with Crippen LogP contribution in [-0.4, -0.2) is 22.2 Å². The fraction of sp³-hybridized carbons (Fsp3) is 0.615. The second-order valence-electron chi connectivity index (χ2n) is 5.37. The molecule has 3 nitrogen and oxygen atoms in total. The van der Waals surface area contributed by atoms with Crippen molar-refractivity contribution in [2.24, 2.45) is 5.92 Å². The zero-order valence-corrected chi connectivity index (χ0v) is 13.0. The Labute approximate surface area is 128 Å². The van der Waals surface area contributed by atoms with Crippen molar-refractivity contribution in [3.8, 4) is 0 Å². The Kier molecular flexibility index (Phi) is 4.83. The minimum atomic E-state index is -0.700. The third-order valence-electron chi connectivity index (χ3n) is 3.54. The van der Waals surface area contributed by atoms with Crippen LogP contribution in [0, 0.1) is 5.92 Å². The highest BCUT2D eigenvalue weighted by Gasteiger charge is 2.32. The lowest BCUT2D eigenvalue weighted by atomic mass is 9.79. The van der Waals surface area contributed by atoms with Crippen LogP contribution in [0.15, 0.2) is 6.07 Å². The fourth-order valence-electron chi connectivity index (χ4n) is 2.61. The molecule has 0 aliphatic heterocycles. The van der Waals surface area contributed by atoms with E-state index in [2.05, 4.69) is 17.2 Å². The molecule has 1 aromatic heterocycles. The van der Waals surface area contributed by atoms with Gasteiger partial charge < -0.3 is 10.4 Å². The molecule has 0 radical (unpaired) electrons. The maximum Gasteiger partial charge on any atom is 0.150 e. The van der Waals surface area contributed by atoms with E-state index in [1.807, 2.05) is 0 Å². The van der Waals surface area contributed by atoms with Crippen molar-refractivity contribution < 1.29 is 5.11 Å². The van der Waals surface area contributed by atoms with Crippen molar-refractivity contribution in [1.29, 1.82) is 0 Å². The molecular formula is C13H17Cl3N2O. The van der Waals surface area contributed by atoms with Crippen LogP contribution in [0.1, 0.15) is 32.6 Å². The lowest BCUT2D eigenvalue weighted by Gasteiger charge is -2.35. The number of pyridine rings is 1. The summed E-state index contributed by atoms with van der Waals surface area (Å²) < 4.78 is 0. The molecule has 6 heteroatoms. The molecule has 2 atom stereocenters. The number of hydrogen-bond acceptors (Lipinski definition) is 3. The zero-order chi connectivity index (χ0) is 14.0. The lowest BCUT2D eigenvalue weighted by Crippen LogP contribution is -2.41. The zero-order valence-electron chi connectivity index (χ0n) is 10.7. The van der Waals surface area contributed by atoms with Crippen molar-refractivity contribution in [1.82, 2.24) is 4.98 Å². The van der Waals surface area contributed by atoms with Gasteiger partial charge in [0.05, 0.1) is 15.6 Å². The predicted molar refractivity (Wildman–Crippen MR) is 80.3 cm³/mol. The molecule has 1 aliphatic rings. The summed E-state index contributed by atoms with van der Waals surface area (Å²) >= 11 is 17.7. The molecule has 2 N–H and O–H groups in total. The molecule has 2 rings (SSSR count). The first-order valence-electron chi connectivity index (χ1n) is 6.37. The Morgan fingerprint density at radius 1 is 1.42 bits per heavy atom. The van der Waals surface area contributed by atoms with Crippen LogP contribution in [0.3, 0.4) is 0 Å². The number of anilines is 1. The Balaban J connectivity index is 2.04. The second kappa shape index (κ2) is 6.04. The van der Waals surface area contributed by atoms with Gasteiger partial charge in [0.15, 0.2) is 0 Å². The summed E-state index contributed by atoms with van der Waals surface area (Å²) in [5.74, 6) is 1.00. The Morgan fingerprint density at radius 3 is 2.84 bits per heavy atom. The SMILES string of the molecule is CC1CCCC(O)(CNc2nc(Cl)c(Cl)cc2Cl)C1. The number of nitrogens with zero attached hydrogens (tertiary/aromatic N) is 1. The molecule has 19 heavy (non-hydrogen) atoms. The van der Waals surface area contributed by atoms with Crippen molar-refractivity contribution in [3.05, 3.63) is 21.3 Å². The first-order valence-corrected chi connectivity index (χ1v) is 7.51. The van der Waals surface area contributed by atoms with Gasteiger partial charge in [0.25, 0.3) is 0 Å². The van der Waals surface area contributed by atoms with Gasteiger partial charge >= 0.3 is 0 Å². The normalized spacial score (nSPS) is 27.3. The summed E-state index contributed by atoms with van der Waals surface area (Å²) in [5.41, 5.74) is -0.700. The molecule has 0 spiro atoms. The van der Waals surface area contributed by atoms with Gasteiger partial charge in [-0.1, -0.05) is 54.6 Å². The summed E-state index contributed by atoms with van der Waals surface area (Å²) in [6.07, 6.45) is 3.80. The fourth-order valence-corrected chi connectivity index (χ4v) is 3.17. The lowest BCUT2D eigenvalue weighted by molar-refractivity contribution is -0.000822. The van der Waals surface area contributed by atoms with Crippen LogP contribution in [-0.2, 0) is 0 Å². The van der Waals surface area contributed by atoms with Crippen LogP contribution in [0.2, 0.25) is 15.2 Å². The summed E-state index contributed by atoms with van der Waals surface area (Å²) in [6, 6.07) is 1.55. The topological polar surface area (TPSA) is 45.1 Å². The highest BCUT2D eigenvalue weighted by Crippen LogP contribution is 2.34. The molecule has 106 valence electrons. The second-order valence-corrected chi connectivity index (χ2v) is 6.54. The van der Waals surface area contributed by atoms with E-state index in [9.17, 15) is 5.11 Å². The molecule has 1 saturated carbocycles. The summed E-state index contributed by atoms with van der Waals surface area (Å²) in [6.45, 7) is 2.58. The first kappa shape index (κ1) is 15.2. The largest absolute Gasteiger partial charge is 0.388 e. The minimum absolute atomic E-state index is 0.206. The summed E-state index contributed by atoms with van der Waals surface area (Å²) in [5, 5.41) is 14.5. The summed E-state index contributed by atoms with van der Waals surface area (Å²) in [4.78, 5) is 4.09. The van der Waals surface area contributed by atoms with E-state index in [0.717, 1.165) is 19.3 Å². The highest BCUT2D eigenvalue weighted by atomic mass is 35.5. The van der Waals surface area contributed by atoms with Crippen molar-refractivity contribution in [2.75, 3.05) is 11.9 Å². The molecular weight excluding hydrogens is 307 g/mol. The van der Waals surface area contributed by atoms with Crippen molar-refractivity contribution >= 4 is 40.6 Å². The van der Waals surface area contributed by atoms with Gasteiger partial charge in [-0.25, -0.2) is 4.98 Å². The van der Waals surface area contributed by atoms with Gasteiger partial charge in [0.1, 0.15) is 11.0 Å². The third-order valence-corrected chi connectivity index (χ3v) is 4.50. The van der Waals surface area contributed by atoms with Gasteiger partial charge in [-0.05, 0) is 24.8 Å². The average Bonchev–Trinajstić information content (AvgIpc) is 2.32. The molecule has 0 amide bonds. The maximum absolute atomic E-state index is 10.5. The minimum Gasteiger partial charge on any atom is -0.388 e. The number of aliphatic hydroxyl groups is 1. The van der Waals surface area contributed by atoms with Crippen LogP contribution >= 0.6 is 34.8 Å². The van der Waals surface area contributed by atoms with E-state index < -0.39 is 5.60 Å². The van der Waals surface area contributed by atoms with Crippen LogP contribution < -0.4 is 5.32 Å². The molecule has 1 aromatic rings. The first-order chi connectivity index (χ1) is 8.89. The maximum atomic E-state index is 10.5. The number of rotatable bonds is 3. The van der Waals surface area contributed by atoms with Gasteiger partial charge in [-0.3, -0.25) is 0 Å². The van der Waals surface area contributed by atoms with Gasteiger partial charge in [-0.15, -0.1) is 0 Å². The Bertz CT molecular complexity index is 469. The monoisotopic (exact) mass is 322 g/mol. The average molecular weight is 324 g/mol. The van der Waals surface area contributed by atoms with E-state index in [1.165, 1.54) is 6.42 Å². The van der Waals surface area contributed by atoms with Gasteiger partial charge in [-0.2, -0.15) is 0 Å². The molecule has 1 aliphatic carbocycles. The number of halogens is 3. The van der Waals surface area contributed by atoms with Crippen molar-refractivity contribution in [3.63, 3.8) is 0 Å². The van der Waals surface area contributed by atoms with Crippen LogP contribution in [0.5, 0.6) is 0 Å². The van der Waals surface area contributed by atoms with Gasteiger partial charge in [0.2, 0.25) is 0 Å². The predicted octanol–water partition coefficient (Wildman–Crippen LogP) is 4.39. The quantitative estimate of drug-likeness (QED) is 0.811.